The van der Waals surface area contributed by atoms with Crippen LogP contribution in [0.15, 0.2) is 60.9 Å². The molecule has 0 saturated carbocycles. The molecule has 0 aliphatic carbocycles. The van der Waals surface area contributed by atoms with E-state index in [9.17, 15) is 0 Å². The topological polar surface area (TPSA) is 25.8 Å². The van der Waals surface area contributed by atoms with Crippen LogP contribution in [-0.4, -0.2) is 10.2 Å². The van der Waals surface area contributed by atoms with Gasteiger partial charge < -0.3 is 0 Å². The number of aromatic nitrogens is 2. The highest BCUT2D eigenvalue weighted by Crippen LogP contribution is 2.27. The second-order valence-electron chi connectivity index (χ2n) is 3.66. The Balaban J connectivity index is 2.32. The Morgan fingerprint density at radius 2 is 1.62 bits per heavy atom. The van der Waals surface area contributed by atoms with E-state index >= 15 is 0 Å². The van der Waals surface area contributed by atoms with E-state index in [-0.39, 0.29) is 0 Å². The molecule has 3 rings (SSSR count). The smallest absolute Gasteiger partial charge is 0.0574 e. The van der Waals surface area contributed by atoms with Crippen molar-refractivity contribution in [2.45, 2.75) is 0 Å². The maximum absolute atomic E-state index is 3.92. The summed E-state index contributed by atoms with van der Waals surface area (Å²) in [4.78, 5) is 0. The molecule has 0 aliphatic rings. The predicted molar refractivity (Wildman–Crippen MR) is 65.0 cm³/mol. The third kappa shape index (κ3) is 1.44. The minimum atomic E-state index is 1.10. The molecule has 16 heavy (non-hydrogen) atoms. The molecule has 2 nitrogen and oxygen atoms in total. The number of nitrogens with zero attached hydrogens (tertiary/aromatic N) is 2. The monoisotopic (exact) mass is 206 g/mol. The Bertz CT molecular complexity index is 612. The molecule has 0 bridgehead atoms. The van der Waals surface area contributed by atoms with Crippen LogP contribution in [0.4, 0.5) is 0 Å². The lowest BCUT2D eigenvalue weighted by molar-refractivity contribution is 1.03. The SMILES string of the molecule is c1ccc2c(-c3ccnnc3)cccc2c1. The molecule has 0 N–H and O–H groups in total. The molecule has 1 aromatic heterocycles. The molecule has 0 unspecified atom stereocenters. The van der Waals surface area contributed by atoms with Gasteiger partial charge in [0.1, 0.15) is 0 Å². The van der Waals surface area contributed by atoms with Crippen molar-refractivity contribution in [1.29, 1.82) is 0 Å². The molecule has 0 atom stereocenters. The first kappa shape index (κ1) is 9.04. The standard InChI is InChI=1S/C14H10N2/c1-2-6-13-11(4-1)5-3-7-14(13)12-8-9-15-16-10-12/h1-10H. The van der Waals surface area contributed by atoms with Crippen molar-refractivity contribution in [1.82, 2.24) is 10.2 Å². The number of hydrogen-bond acceptors (Lipinski definition) is 2. The van der Waals surface area contributed by atoms with Gasteiger partial charge in [0.05, 0.1) is 12.4 Å². The van der Waals surface area contributed by atoms with Gasteiger partial charge in [-0.05, 0) is 22.4 Å². The summed E-state index contributed by atoms with van der Waals surface area (Å²) in [5, 5.41) is 10.2. The summed E-state index contributed by atoms with van der Waals surface area (Å²) in [7, 11) is 0. The van der Waals surface area contributed by atoms with E-state index in [1.165, 1.54) is 16.3 Å². The van der Waals surface area contributed by atoms with Gasteiger partial charge in [-0.15, -0.1) is 0 Å². The summed E-state index contributed by atoms with van der Waals surface area (Å²) in [6.45, 7) is 0. The van der Waals surface area contributed by atoms with Crippen LogP contribution in [-0.2, 0) is 0 Å². The molecule has 0 fully saturated rings. The van der Waals surface area contributed by atoms with Crippen molar-refractivity contribution in [3.63, 3.8) is 0 Å². The third-order valence-electron chi connectivity index (χ3n) is 2.68. The Kier molecular flexibility index (Phi) is 2.11. The normalized spacial score (nSPS) is 10.5. The minimum Gasteiger partial charge on any atom is -0.159 e. The molecule has 0 spiro atoms. The quantitative estimate of drug-likeness (QED) is 0.610. The Morgan fingerprint density at radius 1 is 0.750 bits per heavy atom. The molecule has 76 valence electrons. The van der Waals surface area contributed by atoms with E-state index in [0.717, 1.165) is 5.56 Å². The molecule has 0 amide bonds. The number of fused-ring (bicyclic) bond motifs is 1. The summed E-state index contributed by atoms with van der Waals surface area (Å²) < 4.78 is 0. The van der Waals surface area contributed by atoms with Crippen LogP contribution in [0.2, 0.25) is 0 Å². The molecule has 0 aliphatic heterocycles. The highest BCUT2D eigenvalue weighted by atomic mass is 15.1. The summed E-state index contributed by atoms with van der Waals surface area (Å²) in [5.41, 5.74) is 2.31. The average molecular weight is 206 g/mol. The first-order valence-electron chi connectivity index (χ1n) is 5.20. The van der Waals surface area contributed by atoms with Crippen molar-refractivity contribution < 1.29 is 0 Å². The summed E-state index contributed by atoms with van der Waals surface area (Å²) in [5.74, 6) is 0. The first-order chi connectivity index (χ1) is 7.95. The van der Waals surface area contributed by atoms with Crippen LogP contribution < -0.4 is 0 Å². The van der Waals surface area contributed by atoms with Crippen LogP contribution in [0.3, 0.4) is 0 Å². The van der Waals surface area contributed by atoms with E-state index in [0.29, 0.717) is 0 Å². The van der Waals surface area contributed by atoms with Gasteiger partial charge in [-0.25, -0.2) is 0 Å². The lowest BCUT2D eigenvalue weighted by Gasteiger charge is -2.05. The molecule has 1 heterocycles. The van der Waals surface area contributed by atoms with Gasteiger partial charge in [0, 0.05) is 5.56 Å². The first-order valence-corrected chi connectivity index (χ1v) is 5.20. The molecule has 2 aromatic carbocycles. The van der Waals surface area contributed by atoms with Gasteiger partial charge in [-0.3, -0.25) is 0 Å². The highest BCUT2D eigenvalue weighted by molar-refractivity contribution is 5.96. The molecule has 3 aromatic rings. The van der Waals surface area contributed by atoms with Crippen LogP contribution in [0, 0.1) is 0 Å². The fourth-order valence-electron chi connectivity index (χ4n) is 1.93. The van der Waals surface area contributed by atoms with Gasteiger partial charge in [0.2, 0.25) is 0 Å². The maximum Gasteiger partial charge on any atom is 0.0574 e. The van der Waals surface area contributed by atoms with Gasteiger partial charge in [-0.2, -0.15) is 10.2 Å². The van der Waals surface area contributed by atoms with Gasteiger partial charge in [0.15, 0.2) is 0 Å². The predicted octanol–water partition coefficient (Wildman–Crippen LogP) is 3.30. The minimum absolute atomic E-state index is 1.10. The maximum atomic E-state index is 3.92. The van der Waals surface area contributed by atoms with Crippen LogP contribution in [0.1, 0.15) is 0 Å². The number of rotatable bonds is 1. The largest absolute Gasteiger partial charge is 0.159 e. The highest BCUT2D eigenvalue weighted by Gasteiger charge is 2.02. The van der Waals surface area contributed by atoms with Crippen molar-refractivity contribution in [2.75, 3.05) is 0 Å². The Morgan fingerprint density at radius 3 is 2.50 bits per heavy atom. The zero-order valence-electron chi connectivity index (χ0n) is 8.67. The van der Waals surface area contributed by atoms with Crippen molar-refractivity contribution in [2.24, 2.45) is 0 Å². The van der Waals surface area contributed by atoms with Gasteiger partial charge in [0.25, 0.3) is 0 Å². The van der Waals surface area contributed by atoms with E-state index in [1.807, 2.05) is 6.07 Å². The van der Waals surface area contributed by atoms with E-state index in [2.05, 4.69) is 52.7 Å². The molecule has 2 heteroatoms. The summed E-state index contributed by atoms with van der Waals surface area (Å²) in [6.07, 6.45) is 3.51. The van der Waals surface area contributed by atoms with Crippen molar-refractivity contribution in [3.8, 4) is 11.1 Å². The fourth-order valence-corrected chi connectivity index (χ4v) is 1.93. The van der Waals surface area contributed by atoms with E-state index < -0.39 is 0 Å². The van der Waals surface area contributed by atoms with E-state index in [1.54, 1.807) is 12.4 Å². The van der Waals surface area contributed by atoms with E-state index in [4.69, 9.17) is 0 Å². The third-order valence-corrected chi connectivity index (χ3v) is 2.68. The zero-order chi connectivity index (χ0) is 10.8. The lowest BCUT2D eigenvalue weighted by atomic mass is 10.00. The summed E-state index contributed by atoms with van der Waals surface area (Å²) >= 11 is 0. The van der Waals surface area contributed by atoms with Crippen LogP contribution in [0.5, 0.6) is 0 Å². The average Bonchev–Trinajstić information content (AvgIpc) is 2.39. The van der Waals surface area contributed by atoms with Crippen molar-refractivity contribution >= 4 is 10.8 Å². The second-order valence-corrected chi connectivity index (χ2v) is 3.66. The fraction of sp³-hybridized carbons (Fsp3) is 0. The second kappa shape index (κ2) is 3.74. The Labute approximate surface area is 93.6 Å². The van der Waals surface area contributed by atoms with Gasteiger partial charge in [-0.1, -0.05) is 42.5 Å². The van der Waals surface area contributed by atoms with Gasteiger partial charge >= 0.3 is 0 Å². The Hall–Kier alpha value is -2.22. The number of hydrogen-bond donors (Lipinski definition) is 0. The summed E-state index contributed by atoms with van der Waals surface area (Å²) in [6, 6.07) is 16.6. The molecule has 0 radical (unpaired) electrons. The van der Waals surface area contributed by atoms with Crippen LogP contribution >= 0.6 is 0 Å². The lowest BCUT2D eigenvalue weighted by Crippen LogP contribution is -1.83. The molecular formula is C14H10N2. The van der Waals surface area contributed by atoms with Crippen molar-refractivity contribution in [3.05, 3.63) is 60.9 Å². The zero-order valence-corrected chi connectivity index (χ0v) is 8.67. The molecular weight excluding hydrogens is 196 g/mol. The number of benzene rings is 2. The molecule has 0 saturated heterocycles. The van der Waals surface area contributed by atoms with Crippen LogP contribution in [0.25, 0.3) is 21.9 Å².